The van der Waals surface area contributed by atoms with Crippen molar-refractivity contribution in [3.8, 4) is 6.07 Å². The van der Waals surface area contributed by atoms with Crippen LogP contribution >= 0.6 is 11.8 Å². The maximum absolute atomic E-state index is 13.2. The molecule has 0 fully saturated rings. The van der Waals surface area contributed by atoms with Crippen LogP contribution in [0.5, 0.6) is 0 Å². The number of anilines is 1. The van der Waals surface area contributed by atoms with Gasteiger partial charge in [-0.1, -0.05) is 54.6 Å². The molecule has 0 aliphatic carbocycles. The Hall–Kier alpha value is -5.01. The van der Waals surface area contributed by atoms with E-state index in [2.05, 4.69) is 6.07 Å². The molecule has 1 unspecified atom stereocenters. The molecular formula is C30H25N3O6S. The first kappa shape index (κ1) is 28.0. The molecule has 1 aliphatic heterocycles. The number of rotatable bonds is 8. The second-order valence-electron chi connectivity index (χ2n) is 8.59. The fourth-order valence-corrected chi connectivity index (χ4v) is 5.45. The van der Waals surface area contributed by atoms with E-state index in [4.69, 9.17) is 15.2 Å². The molecule has 4 rings (SSSR count). The van der Waals surface area contributed by atoms with Crippen molar-refractivity contribution in [2.45, 2.75) is 16.6 Å². The van der Waals surface area contributed by atoms with Crippen molar-refractivity contribution in [1.82, 2.24) is 0 Å². The summed E-state index contributed by atoms with van der Waals surface area (Å²) in [5.41, 5.74) is 8.45. The van der Waals surface area contributed by atoms with Crippen molar-refractivity contribution in [2.75, 3.05) is 19.1 Å². The molecule has 0 aromatic heterocycles. The largest absolute Gasteiger partial charge is 0.478 e. The first-order valence-corrected chi connectivity index (χ1v) is 13.0. The lowest BCUT2D eigenvalue weighted by molar-refractivity contribution is -0.139. The molecular weight excluding hydrogens is 530 g/mol. The number of carbonyl (C=O) groups excluding carboxylic acids is 2. The Morgan fingerprint density at radius 3 is 2.17 bits per heavy atom. The number of hydrogen-bond acceptors (Lipinski definition) is 9. The van der Waals surface area contributed by atoms with Crippen LogP contribution in [0.15, 0.2) is 106 Å². The second-order valence-corrected chi connectivity index (χ2v) is 9.61. The van der Waals surface area contributed by atoms with Crippen LogP contribution in [-0.2, 0) is 24.8 Å². The Labute approximate surface area is 235 Å². The molecule has 9 nitrogen and oxygen atoms in total. The van der Waals surface area contributed by atoms with E-state index in [9.17, 15) is 24.8 Å². The molecule has 0 amide bonds. The van der Waals surface area contributed by atoms with Gasteiger partial charge < -0.3 is 20.3 Å². The fraction of sp³-hybridized carbons (Fsp3) is 0.133. The van der Waals surface area contributed by atoms with Crippen LogP contribution in [0.25, 0.3) is 0 Å². The summed E-state index contributed by atoms with van der Waals surface area (Å²) in [7, 11) is 2.38. The van der Waals surface area contributed by atoms with E-state index in [1.54, 1.807) is 78.9 Å². The number of carbonyl (C=O) groups is 3. The van der Waals surface area contributed by atoms with E-state index in [0.29, 0.717) is 21.9 Å². The number of aromatic carboxylic acids is 1. The molecule has 10 heteroatoms. The van der Waals surface area contributed by atoms with Gasteiger partial charge in [0.25, 0.3) is 0 Å². The van der Waals surface area contributed by atoms with Gasteiger partial charge in [-0.15, -0.1) is 11.8 Å². The zero-order chi connectivity index (χ0) is 28.8. The molecule has 202 valence electrons. The number of ether oxygens (including phenoxy) is 2. The zero-order valence-corrected chi connectivity index (χ0v) is 22.5. The topological polar surface area (TPSA) is 143 Å². The standard InChI is InChI=1S/C30H25N3O6S/c1-38-29(36)25-24(19-8-4-3-5-9-19)22(16-31)27(32)33(26(25)30(37)39-2)20-14-12-18(13-15-20)17-40-23-11-7-6-10-21(23)28(34)35/h3-15,24H,17,32H2,1-2H3,(H,34,35). The van der Waals surface area contributed by atoms with Gasteiger partial charge in [-0.2, -0.15) is 5.26 Å². The molecule has 3 N–H and O–H groups in total. The van der Waals surface area contributed by atoms with Crippen LogP contribution in [0, 0.1) is 11.3 Å². The van der Waals surface area contributed by atoms with Crippen molar-refractivity contribution in [1.29, 1.82) is 5.26 Å². The quantitative estimate of drug-likeness (QED) is 0.300. The van der Waals surface area contributed by atoms with Crippen molar-refractivity contribution >= 4 is 35.4 Å². The number of methoxy groups -OCH3 is 2. The van der Waals surface area contributed by atoms with E-state index in [1.165, 1.54) is 30.9 Å². The van der Waals surface area contributed by atoms with Gasteiger partial charge >= 0.3 is 17.9 Å². The fourth-order valence-electron chi connectivity index (χ4n) is 4.45. The number of hydrogen-bond donors (Lipinski definition) is 2. The van der Waals surface area contributed by atoms with Crippen molar-refractivity contribution in [2.24, 2.45) is 5.73 Å². The summed E-state index contributed by atoms with van der Waals surface area (Å²) in [4.78, 5) is 39.8. The molecule has 3 aromatic rings. The number of allylic oxidation sites excluding steroid dienone is 1. The number of esters is 2. The molecule has 1 aliphatic rings. The predicted molar refractivity (Wildman–Crippen MR) is 149 cm³/mol. The highest BCUT2D eigenvalue weighted by atomic mass is 32.2. The summed E-state index contributed by atoms with van der Waals surface area (Å²) in [6, 6.07) is 24.6. The molecule has 40 heavy (non-hydrogen) atoms. The summed E-state index contributed by atoms with van der Waals surface area (Å²) in [6.45, 7) is 0. The second kappa shape index (κ2) is 12.2. The third-order valence-electron chi connectivity index (χ3n) is 6.32. The lowest BCUT2D eigenvalue weighted by atomic mass is 9.81. The van der Waals surface area contributed by atoms with Crippen LogP contribution in [0.3, 0.4) is 0 Å². The molecule has 0 bridgehead atoms. The van der Waals surface area contributed by atoms with Gasteiger partial charge in [0.05, 0.1) is 42.9 Å². The average molecular weight is 556 g/mol. The summed E-state index contributed by atoms with van der Waals surface area (Å²) >= 11 is 1.37. The van der Waals surface area contributed by atoms with E-state index in [1.807, 2.05) is 0 Å². The average Bonchev–Trinajstić information content (AvgIpc) is 2.99. The summed E-state index contributed by atoms with van der Waals surface area (Å²) in [5.74, 6) is -3.13. The van der Waals surface area contributed by atoms with Gasteiger partial charge in [0.2, 0.25) is 0 Å². The number of carboxylic acids is 1. The number of thioether (sulfide) groups is 1. The summed E-state index contributed by atoms with van der Waals surface area (Å²) in [6.07, 6.45) is 0. The molecule has 0 spiro atoms. The van der Waals surface area contributed by atoms with Crippen molar-refractivity contribution in [3.63, 3.8) is 0 Å². The Morgan fingerprint density at radius 1 is 0.950 bits per heavy atom. The van der Waals surface area contributed by atoms with Crippen LogP contribution in [0.4, 0.5) is 5.69 Å². The number of nitrogens with zero attached hydrogens (tertiary/aromatic N) is 2. The number of nitriles is 1. The van der Waals surface area contributed by atoms with Crippen LogP contribution in [0.1, 0.15) is 27.4 Å². The predicted octanol–water partition coefficient (Wildman–Crippen LogP) is 4.57. The number of nitrogens with two attached hydrogens (primary N) is 1. The third-order valence-corrected chi connectivity index (χ3v) is 7.46. The smallest absolute Gasteiger partial charge is 0.355 e. The molecule has 1 atom stereocenters. The van der Waals surface area contributed by atoms with Crippen LogP contribution in [-0.4, -0.2) is 37.2 Å². The minimum absolute atomic E-state index is 0.0260. The van der Waals surface area contributed by atoms with Gasteiger partial charge in [0.15, 0.2) is 0 Å². The van der Waals surface area contributed by atoms with Gasteiger partial charge in [-0.25, -0.2) is 14.4 Å². The van der Waals surface area contributed by atoms with Gasteiger partial charge in [-0.05, 0) is 35.4 Å². The van der Waals surface area contributed by atoms with E-state index in [0.717, 1.165) is 5.56 Å². The molecule has 3 aromatic carbocycles. The van der Waals surface area contributed by atoms with Crippen molar-refractivity contribution < 1.29 is 29.0 Å². The van der Waals surface area contributed by atoms with E-state index in [-0.39, 0.29) is 28.2 Å². The lowest BCUT2D eigenvalue weighted by Gasteiger charge is -2.35. The first-order valence-electron chi connectivity index (χ1n) is 12.0. The Bertz CT molecular complexity index is 1560. The maximum atomic E-state index is 13.2. The highest BCUT2D eigenvalue weighted by Gasteiger charge is 2.42. The van der Waals surface area contributed by atoms with Gasteiger partial charge in [0.1, 0.15) is 11.5 Å². The van der Waals surface area contributed by atoms with E-state index >= 15 is 0 Å². The highest BCUT2D eigenvalue weighted by Crippen LogP contribution is 2.43. The SMILES string of the molecule is COC(=O)C1=C(C(=O)OC)N(c2ccc(CSc3ccccc3C(=O)O)cc2)C(N)=C(C#N)C1c1ccccc1. The van der Waals surface area contributed by atoms with Gasteiger partial charge in [0, 0.05) is 16.3 Å². The van der Waals surface area contributed by atoms with Crippen LogP contribution in [0.2, 0.25) is 0 Å². The normalized spacial score (nSPS) is 14.9. The third kappa shape index (κ3) is 5.41. The Kier molecular flexibility index (Phi) is 8.57. The van der Waals surface area contributed by atoms with Crippen LogP contribution < -0.4 is 10.6 Å². The molecule has 0 radical (unpaired) electrons. The molecule has 1 heterocycles. The zero-order valence-electron chi connectivity index (χ0n) is 21.7. The van der Waals surface area contributed by atoms with E-state index < -0.39 is 23.8 Å². The summed E-state index contributed by atoms with van der Waals surface area (Å²) < 4.78 is 10.1. The lowest BCUT2D eigenvalue weighted by Crippen LogP contribution is -2.40. The maximum Gasteiger partial charge on any atom is 0.355 e. The Morgan fingerprint density at radius 2 is 1.57 bits per heavy atom. The summed E-state index contributed by atoms with van der Waals surface area (Å²) in [5, 5.41) is 19.6. The molecule has 0 saturated heterocycles. The van der Waals surface area contributed by atoms with Gasteiger partial charge in [-0.3, -0.25) is 4.90 Å². The Balaban J connectivity index is 1.78. The number of benzene rings is 3. The monoisotopic (exact) mass is 555 g/mol. The first-order chi connectivity index (χ1) is 19.3. The minimum atomic E-state index is -1.00. The minimum Gasteiger partial charge on any atom is -0.478 e. The van der Waals surface area contributed by atoms with Crippen molar-refractivity contribution in [3.05, 3.63) is 118 Å². The molecule has 0 saturated carbocycles. The number of carboxylic acid groups (broad SMARTS) is 1. The highest BCUT2D eigenvalue weighted by molar-refractivity contribution is 7.98.